The standard InChI is InChI=1S/C18H20N2O/c1-12-8-9-13(2)16(11-12)20-18(21)15-7-3-5-14-6-4-10-19-17(14)15/h3,5,7-9,11,19H,4,6,10H2,1-2H3,(H,20,21). The molecule has 1 amide bonds. The predicted molar refractivity (Wildman–Crippen MR) is 87.1 cm³/mol. The first-order chi connectivity index (χ1) is 10.1. The Morgan fingerprint density at radius 3 is 2.90 bits per heavy atom. The highest BCUT2D eigenvalue weighted by Crippen LogP contribution is 2.27. The van der Waals surface area contributed by atoms with Crippen molar-refractivity contribution in [3.8, 4) is 0 Å². The molecule has 0 fully saturated rings. The SMILES string of the molecule is Cc1ccc(C)c(NC(=O)c2cccc3c2NCCC3)c1. The number of carbonyl (C=O) groups is 1. The summed E-state index contributed by atoms with van der Waals surface area (Å²) in [6.45, 7) is 4.97. The highest BCUT2D eigenvalue weighted by Gasteiger charge is 2.17. The Bertz CT molecular complexity index is 692. The topological polar surface area (TPSA) is 41.1 Å². The van der Waals surface area contributed by atoms with E-state index in [0.29, 0.717) is 0 Å². The number of hydrogen-bond donors (Lipinski definition) is 2. The molecule has 1 aliphatic rings. The Labute approximate surface area is 125 Å². The van der Waals surface area contributed by atoms with Crippen LogP contribution in [0.25, 0.3) is 0 Å². The van der Waals surface area contributed by atoms with E-state index in [2.05, 4.69) is 22.8 Å². The average Bonchev–Trinajstić information content (AvgIpc) is 2.50. The number of aryl methyl sites for hydroxylation is 3. The molecular formula is C18H20N2O. The van der Waals surface area contributed by atoms with E-state index in [1.165, 1.54) is 5.56 Å². The van der Waals surface area contributed by atoms with Gasteiger partial charge in [0.2, 0.25) is 0 Å². The molecule has 3 heteroatoms. The van der Waals surface area contributed by atoms with Crippen LogP contribution in [0.4, 0.5) is 11.4 Å². The van der Waals surface area contributed by atoms with Gasteiger partial charge in [0.05, 0.1) is 11.3 Å². The van der Waals surface area contributed by atoms with E-state index in [1.54, 1.807) is 0 Å². The summed E-state index contributed by atoms with van der Waals surface area (Å²) in [4.78, 5) is 12.6. The lowest BCUT2D eigenvalue weighted by molar-refractivity contribution is 0.102. The fourth-order valence-electron chi connectivity index (χ4n) is 2.76. The van der Waals surface area contributed by atoms with Crippen molar-refractivity contribution in [1.82, 2.24) is 0 Å². The van der Waals surface area contributed by atoms with E-state index in [1.807, 2.05) is 38.1 Å². The molecule has 0 aliphatic carbocycles. The van der Waals surface area contributed by atoms with Crippen molar-refractivity contribution in [1.29, 1.82) is 0 Å². The van der Waals surface area contributed by atoms with Crippen LogP contribution in [0.15, 0.2) is 36.4 Å². The molecule has 0 spiro atoms. The smallest absolute Gasteiger partial charge is 0.257 e. The second-order valence-corrected chi connectivity index (χ2v) is 5.64. The first-order valence-corrected chi connectivity index (χ1v) is 7.39. The van der Waals surface area contributed by atoms with E-state index in [4.69, 9.17) is 0 Å². The maximum absolute atomic E-state index is 12.6. The Morgan fingerprint density at radius 2 is 2.05 bits per heavy atom. The van der Waals surface area contributed by atoms with Gasteiger partial charge < -0.3 is 10.6 Å². The van der Waals surface area contributed by atoms with Gasteiger partial charge in [-0.05, 0) is 55.5 Å². The van der Waals surface area contributed by atoms with Crippen molar-refractivity contribution in [2.45, 2.75) is 26.7 Å². The maximum atomic E-state index is 12.6. The van der Waals surface area contributed by atoms with Crippen LogP contribution in [-0.4, -0.2) is 12.5 Å². The van der Waals surface area contributed by atoms with Gasteiger partial charge in [0, 0.05) is 12.2 Å². The second-order valence-electron chi connectivity index (χ2n) is 5.64. The number of benzene rings is 2. The zero-order valence-electron chi connectivity index (χ0n) is 12.5. The lowest BCUT2D eigenvalue weighted by Crippen LogP contribution is -2.19. The Hall–Kier alpha value is -2.29. The molecule has 0 bridgehead atoms. The summed E-state index contributed by atoms with van der Waals surface area (Å²) >= 11 is 0. The van der Waals surface area contributed by atoms with E-state index in [0.717, 1.165) is 47.5 Å². The van der Waals surface area contributed by atoms with E-state index in [9.17, 15) is 4.79 Å². The van der Waals surface area contributed by atoms with Crippen LogP contribution < -0.4 is 10.6 Å². The minimum atomic E-state index is -0.0463. The molecule has 1 aliphatic heterocycles. The van der Waals surface area contributed by atoms with Gasteiger partial charge in [0.25, 0.3) is 5.91 Å². The van der Waals surface area contributed by atoms with Crippen molar-refractivity contribution >= 4 is 17.3 Å². The van der Waals surface area contributed by atoms with Gasteiger partial charge >= 0.3 is 0 Å². The third-order valence-electron chi connectivity index (χ3n) is 3.96. The number of nitrogens with one attached hydrogen (secondary N) is 2. The van der Waals surface area contributed by atoms with Crippen LogP contribution in [0.1, 0.15) is 33.5 Å². The Balaban J connectivity index is 1.91. The number of amides is 1. The molecule has 0 atom stereocenters. The fraction of sp³-hybridized carbons (Fsp3) is 0.278. The number of rotatable bonds is 2. The zero-order valence-corrected chi connectivity index (χ0v) is 12.5. The summed E-state index contributed by atoms with van der Waals surface area (Å²) in [5.74, 6) is -0.0463. The number of fused-ring (bicyclic) bond motifs is 1. The summed E-state index contributed by atoms with van der Waals surface area (Å²) in [6, 6.07) is 12.0. The van der Waals surface area contributed by atoms with Crippen LogP contribution in [0.5, 0.6) is 0 Å². The van der Waals surface area contributed by atoms with Gasteiger partial charge in [-0.3, -0.25) is 4.79 Å². The number of para-hydroxylation sites is 1. The molecule has 0 unspecified atom stereocenters. The van der Waals surface area contributed by atoms with Crippen LogP contribution in [0, 0.1) is 13.8 Å². The van der Waals surface area contributed by atoms with Crippen molar-refractivity contribution < 1.29 is 4.79 Å². The summed E-state index contributed by atoms with van der Waals surface area (Å²) < 4.78 is 0. The molecule has 0 aromatic heterocycles. The molecule has 3 rings (SSSR count). The Morgan fingerprint density at radius 1 is 1.19 bits per heavy atom. The average molecular weight is 280 g/mol. The van der Waals surface area contributed by atoms with Crippen molar-refractivity contribution in [2.75, 3.05) is 17.2 Å². The third kappa shape index (κ3) is 2.77. The summed E-state index contributed by atoms with van der Waals surface area (Å²) in [6.07, 6.45) is 2.15. The van der Waals surface area contributed by atoms with E-state index in [-0.39, 0.29) is 5.91 Å². The Kier molecular flexibility index (Phi) is 3.65. The fourth-order valence-corrected chi connectivity index (χ4v) is 2.76. The van der Waals surface area contributed by atoms with Gasteiger partial charge in [-0.2, -0.15) is 0 Å². The highest BCUT2D eigenvalue weighted by molar-refractivity contribution is 6.08. The van der Waals surface area contributed by atoms with Gasteiger partial charge in [-0.1, -0.05) is 24.3 Å². The van der Waals surface area contributed by atoms with Gasteiger partial charge in [0.15, 0.2) is 0 Å². The monoisotopic (exact) mass is 280 g/mol. The van der Waals surface area contributed by atoms with Crippen LogP contribution >= 0.6 is 0 Å². The van der Waals surface area contributed by atoms with Crippen LogP contribution in [-0.2, 0) is 6.42 Å². The van der Waals surface area contributed by atoms with Crippen molar-refractivity contribution in [2.24, 2.45) is 0 Å². The quantitative estimate of drug-likeness (QED) is 0.875. The molecule has 1 heterocycles. The molecule has 2 aromatic carbocycles. The number of anilines is 2. The summed E-state index contributed by atoms with van der Waals surface area (Å²) in [5.41, 5.74) is 6.05. The second kappa shape index (κ2) is 5.60. The van der Waals surface area contributed by atoms with E-state index >= 15 is 0 Å². The molecule has 108 valence electrons. The first kappa shape index (κ1) is 13.7. The van der Waals surface area contributed by atoms with Gasteiger partial charge in [-0.15, -0.1) is 0 Å². The van der Waals surface area contributed by atoms with Crippen LogP contribution in [0.3, 0.4) is 0 Å². The molecule has 21 heavy (non-hydrogen) atoms. The zero-order chi connectivity index (χ0) is 14.8. The summed E-state index contributed by atoms with van der Waals surface area (Å²) in [5, 5.41) is 6.40. The normalized spacial score (nSPS) is 13.2. The molecule has 0 saturated heterocycles. The number of carbonyl (C=O) groups excluding carboxylic acids is 1. The van der Waals surface area contributed by atoms with Gasteiger partial charge in [-0.25, -0.2) is 0 Å². The minimum Gasteiger partial charge on any atom is -0.384 e. The van der Waals surface area contributed by atoms with Crippen LogP contribution in [0.2, 0.25) is 0 Å². The molecule has 0 radical (unpaired) electrons. The van der Waals surface area contributed by atoms with Crippen molar-refractivity contribution in [3.63, 3.8) is 0 Å². The molecular weight excluding hydrogens is 260 g/mol. The number of hydrogen-bond acceptors (Lipinski definition) is 2. The first-order valence-electron chi connectivity index (χ1n) is 7.39. The maximum Gasteiger partial charge on any atom is 0.257 e. The molecule has 3 nitrogen and oxygen atoms in total. The summed E-state index contributed by atoms with van der Waals surface area (Å²) in [7, 11) is 0. The highest BCUT2D eigenvalue weighted by atomic mass is 16.1. The third-order valence-corrected chi connectivity index (χ3v) is 3.96. The van der Waals surface area contributed by atoms with E-state index < -0.39 is 0 Å². The lowest BCUT2D eigenvalue weighted by atomic mass is 9.99. The largest absolute Gasteiger partial charge is 0.384 e. The molecule has 0 saturated carbocycles. The molecule has 2 N–H and O–H groups in total. The predicted octanol–water partition coefficient (Wildman–Crippen LogP) is 3.91. The lowest BCUT2D eigenvalue weighted by Gasteiger charge is -2.21. The minimum absolute atomic E-state index is 0.0463. The van der Waals surface area contributed by atoms with Crippen molar-refractivity contribution in [3.05, 3.63) is 58.7 Å². The van der Waals surface area contributed by atoms with Gasteiger partial charge in [0.1, 0.15) is 0 Å². The molecule has 2 aromatic rings.